The Morgan fingerprint density at radius 3 is 2.52 bits per heavy atom. The van der Waals surface area contributed by atoms with E-state index in [0.717, 1.165) is 41.3 Å². The van der Waals surface area contributed by atoms with Gasteiger partial charge < -0.3 is 26.7 Å². The van der Waals surface area contributed by atoms with Crippen LogP contribution < -0.4 is 21.7 Å². The molecule has 31 heavy (non-hydrogen) atoms. The molecular formula is C24H31N5O2. The molecule has 2 aromatic carbocycles. The smallest absolute Gasteiger partial charge is 0.315 e. The molecule has 0 aliphatic heterocycles. The predicted octanol–water partition coefficient (Wildman–Crippen LogP) is 2.48. The fraction of sp³-hybridized carbons (Fsp3) is 0.333. The van der Waals surface area contributed by atoms with Crippen LogP contribution in [0.25, 0.3) is 10.9 Å². The Kier molecular flexibility index (Phi) is 8.48. The number of H-pyrrole nitrogens is 1. The zero-order valence-corrected chi connectivity index (χ0v) is 17.7. The average Bonchev–Trinajstić information content (AvgIpc) is 3.20. The van der Waals surface area contributed by atoms with Crippen molar-refractivity contribution in [3.05, 3.63) is 71.9 Å². The Bertz CT molecular complexity index is 970. The van der Waals surface area contributed by atoms with E-state index in [4.69, 9.17) is 5.73 Å². The lowest BCUT2D eigenvalue weighted by Crippen LogP contribution is -2.51. The molecule has 1 aromatic heterocycles. The molecule has 0 aliphatic rings. The van der Waals surface area contributed by atoms with E-state index in [2.05, 4.69) is 20.9 Å². The molecular weight excluding hydrogens is 390 g/mol. The number of aromatic amines is 1. The lowest BCUT2D eigenvalue weighted by molar-refractivity contribution is -0.122. The van der Waals surface area contributed by atoms with Crippen LogP contribution in [0.1, 0.15) is 24.0 Å². The predicted molar refractivity (Wildman–Crippen MR) is 124 cm³/mol. The summed E-state index contributed by atoms with van der Waals surface area (Å²) in [7, 11) is 0. The number of benzene rings is 2. The maximum atomic E-state index is 12.8. The third-order valence-corrected chi connectivity index (χ3v) is 5.19. The third kappa shape index (κ3) is 6.86. The van der Waals surface area contributed by atoms with Gasteiger partial charge >= 0.3 is 6.03 Å². The number of carbonyl (C=O) groups excluding carboxylic acids is 2. The molecule has 1 atom stereocenters. The lowest BCUT2D eigenvalue weighted by Gasteiger charge is -2.19. The fourth-order valence-corrected chi connectivity index (χ4v) is 3.51. The van der Waals surface area contributed by atoms with Crippen LogP contribution in [0, 0.1) is 0 Å². The van der Waals surface area contributed by atoms with Crippen molar-refractivity contribution in [2.45, 2.75) is 31.7 Å². The first-order valence-electron chi connectivity index (χ1n) is 10.8. The van der Waals surface area contributed by atoms with Gasteiger partial charge in [0.1, 0.15) is 6.04 Å². The number of para-hydroxylation sites is 1. The van der Waals surface area contributed by atoms with E-state index in [-0.39, 0.29) is 11.9 Å². The Morgan fingerprint density at radius 1 is 0.935 bits per heavy atom. The van der Waals surface area contributed by atoms with Crippen molar-refractivity contribution in [3.63, 3.8) is 0 Å². The third-order valence-electron chi connectivity index (χ3n) is 5.19. The number of nitrogens with one attached hydrogen (secondary N) is 4. The second kappa shape index (κ2) is 11.8. The highest BCUT2D eigenvalue weighted by atomic mass is 16.2. The van der Waals surface area contributed by atoms with Gasteiger partial charge in [0.25, 0.3) is 0 Å². The van der Waals surface area contributed by atoms with Crippen LogP contribution in [0.3, 0.4) is 0 Å². The van der Waals surface area contributed by atoms with Crippen LogP contribution in [0.5, 0.6) is 0 Å². The molecule has 0 aliphatic carbocycles. The lowest BCUT2D eigenvalue weighted by atomic mass is 10.0. The molecule has 7 heteroatoms. The standard InChI is InChI=1S/C24H31N5O2/c25-13-6-7-14-26-23(30)22(16-19-17-28-21-11-5-4-10-20(19)21)29-24(31)27-15-12-18-8-2-1-3-9-18/h1-5,8-11,17,22,28H,6-7,12-16,25H2,(H,26,30)(H2,27,29,31)/t22-/m0/s1. The van der Waals surface area contributed by atoms with Crippen molar-refractivity contribution >= 4 is 22.8 Å². The van der Waals surface area contributed by atoms with Gasteiger partial charge in [0.2, 0.25) is 5.91 Å². The number of hydrogen-bond donors (Lipinski definition) is 5. The van der Waals surface area contributed by atoms with E-state index >= 15 is 0 Å². The van der Waals surface area contributed by atoms with Gasteiger partial charge in [-0.25, -0.2) is 4.79 Å². The summed E-state index contributed by atoms with van der Waals surface area (Å²) in [5.74, 6) is -0.194. The fourth-order valence-electron chi connectivity index (χ4n) is 3.51. The summed E-state index contributed by atoms with van der Waals surface area (Å²) in [6.07, 6.45) is 4.69. The van der Waals surface area contributed by atoms with E-state index in [1.807, 2.05) is 60.8 Å². The van der Waals surface area contributed by atoms with Gasteiger partial charge in [-0.15, -0.1) is 0 Å². The highest BCUT2D eigenvalue weighted by molar-refractivity contribution is 5.89. The van der Waals surface area contributed by atoms with E-state index in [1.165, 1.54) is 0 Å². The molecule has 0 radical (unpaired) electrons. The van der Waals surface area contributed by atoms with Crippen molar-refractivity contribution in [3.8, 4) is 0 Å². The van der Waals surface area contributed by atoms with E-state index in [0.29, 0.717) is 26.1 Å². The molecule has 0 bridgehead atoms. The molecule has 6 N–H and O–H groups in total. The largest absolute Gasteiger partial charge is 0.361 e. The molecule has 0 fully saturated rings. The number of aromatic nitrogens is 1. The molecule has 0 saturated heterocycles. The summed E-state index contributed by atoms with van der Waals surface area (Å²) in [4.78, 5) is 28.5. The summed E-state index contributed by atoms with van der Waals surface area (Å²) < 4.78 is 0. The quantitative estimate of drug-likeness (QED) is 0.307. The summed E-state index contributed by atoms with van der Waals surface area (Å²) in [5.41, 5.74) is 8.66. The van der Waals surface area contributed by atoms with Crippen molar-refractivity contribution in [2.24, 2.45) is 5.73 Å². The minimum Gasteiger partial charge on any atom is -0.361 e. The number of fused-ring (bicyclic) bond motifs is 1. The Labute approximate surface area is 182 Å². The first-order chi connectivity index (χ1) is 15.2. The molecule has 164 valence electrons. The molecule has 7 nitrogen and oxygen atoms in total. The van der Waals surface area contributed by atoms with Crippen molar-refractivity contribution in [1.29, 1.82) is 0 Å². The first kappa shape index (κ1) is 22.4. The van der Waals surface area contributed by atoms with Gasteiger partial charge in [-0.1, -0.05) is 48.5 Å². The van der Waals surface area contributed by atoms with Crippen molar-refractivity contribution in [1.82, 2.24) is 20.9 Å². The average molecular weight is 422 g/mol. The molecule has 0 spiro atoms. The summed E-state index contributed by atoms with van der Waals surface area (Å²) >= 11 is 0. The molecule has 3 aromatic rings. The van der Waals surface area contributed by atoms with Crippen LogP contribution in [0.15, 0.2) is 60.8 Å². The van der Waals surface area contributed by atoms with Crippen LogP contribution >= 0.6 is 0 Å². The second-order valence-corrected chi connectivity index (χ2v) is 7.54. The van der Waals surface area contributed by atoms with Crippen LogP contribution in [0.2, 0.25) is 0 Å². The molecule has 0 saturated carbocycles. The number of urea groups is 1. The van der Waals surface area contributed by atoms with E-state index in [9.17, 15) is 9.59 Å². The zero-order chi connectivity index (χ0) is 21.9. The van der Waals surface area contributed by atoms with Crippen LogP contribution in [-0.2, 0) is 17.6 Å². The number of unbranched alkanes of at least 4 members (excludes halogenated alkanes) is 1. The van der Waals surface area contributed by atoms with Gasteiger partial charge in [0.15, 0.2) is 0 Å². The number of hydrogen-bond acceptors (Lipinski definition) is 3. The Balaban J connectivity index is 1.60. The topological polar surface area (TPSA) is 112 Å². The van der Waals surface area contributed by atoms with Gasteiger partial charge in [-0.2, -0.15) is 0 Å². The van der Waals surface area contributed by atoms with Crippen LogP contribution in [0.4, 0.5) is 4.79 Å². The number of carbonyl (C=O) groups is 2. The Morgan fingerprint density at radius 2 is 1.71 bits per heavy atom. The molecule has 0 unspecified atom stereocenters. The Hall–Kier alpha value is -3.32. The number of rotatable bonds is 11. The van der Waals surface area contributed by atoms with Crippen LogP contribution in [-0.4, -0.2) is 42.6 Å². The van der Waals surface area contributed by atoms with Gasteiger partial charge in [-0.05, 0) is 43.0 Å². The maximum absolute atomic E-state index is 12.8. The SMILES string of the molecule is NCCCCNC(=O)[C@H](Cc1c[nH]c2ccccc12)NC(=O)NCCc1ccccc1. The van der Waals surface area contributed by atoms with Gasteiger partial charge in [-0.3, -0.25) is 4.79 Å². The number of amides is 3. The minimum absolute atomic E-state index is 0.194. The zero-order valence-electron chi connectivity index (χ0n) is 17.7. The number of nitrogens with two attached hydrogens (primary N) is 1. The summed E-state index contributed by atoms with van der Waals surface area (Å²) in [6.45, 7) is 1.63. The van der Waals surface area contributed by atoms with E-state index < -0.39 is 6.04 Å². The minimum atomic E-state index is -0.672. The van der Waals surface area contributed by atoms with Crippen molar-refractivity contribution in [2.75, 3.05) is 19.6 Å². The molecule has 1 heterocycles. The molecule has 3 amide bonds. The van der Waals surface area contributed by atoms with Crippen molar-refractivity contribution < 1.29 is 9.59 Å². The monoisotopic (exact) mass is 421 g/mol. The first-order valence-corrected chi connectivity index (χ1v) is 10.8. The second-order valence-electron chi connectivity index (χ2n) is 7.54. The van der Waals surface area contributed by atoms with E-state index in [1.54, 1.807) is 0 Å². The van der Waals surface area contributed by atoms with Gasteiger partial charge in [0.05, 0.1) is 0 Å². The highest BCUT2D eigenvalue weighted by Crippen LogP contribution is 2.19. The summed E-state index contributed by atoms with van der Waals surface area (Å²) in [5, 5.41) is 9.67. The normalized spacial score (nSPS) is 11.8. The molecule has 3 rings (SSSR count). The highest BCUT2D eigenvalue weighted by Gasteiger charge is 2.22. The van der Waals surface area contributed by atoms with Gasteiger partial charge in [0, 0.05) is 36.6 Å². The maximum Gasteiger partial charge on any atom is 0.315 e. The summed E-state index contributed by atoms with van der Waals surface area (Å²) in [6, 6.07) is 16.9.